The average Bonchev–Trinajstić information content (AvgIpc) is 2.88. The third kappa shape index (κ3) is 4.59. The van der Waals surface area contributed by atoms with E-state index in [1.807, 2.05) is 20.8 Å². The Balaban J connectivity index is 1.68. The summed E-state index contributed by atoms with van der Waals surface area (Å²) in [5.41, 5.74) is 0.249. The Morgan fingerprint density at radius 1 is 1.33 bits per heavy atom. The monoisotopic (exact) mass is 395 g/mol. The van der Waals surface area contributed by atoms with Gasteiger partial charge in [-0.2, -0.15) is 0 Å². The predicted molar refractivity (Wildman–Crippen MR) is 106 cm³/mol. The molecule has 5 heteroatoms. The SMILES string of the molecule is CC(C)(C)OC(=O)NC(CCC1C[C@@H]2[C@H](C1)C2(C)C)c1c(F)cccc1Cl. The molecule has 1 amide bonds. The highest BCUT2D eigenvalue weighted by Crippen LogP contribution is 2.68. The molecule has 2 aliphatic rings. The highest BCUT2D eigenvalue weighted by atomic mass is 35.5. The van der Waals surface area contributed by atoms with Crippen molar-refractivity contribution >= 4 is 17.7 Å². The fraction of sp³-hybridized carbons (Fsp3) is 0.682. The van der Waals surface area contributed by atoms with Gasteiger partial charge in [0.05, 0.1) is 6.04 Å². The van der Waals surface area contributed by atoms with Crippen LogP contribution in [0.5, 0.6) is 0 Å². The molecule has 2 saturated carbocycles. The minimum atomic E-state index is -0.605. The van der Waals surface area contributed by atoms with Crippen LogP contribution in [-0.2, 0) is 4.74 Å². The van der Waals surface area contributed by atoms with Crippen LogP contribution in [-0.4, -0.2) is 11.7 Å². The van der Waals surface area contributed by atoms with Crippen molar-refractivity contribution in [2.24, 2.45) is 23.2 Å². The first-order valence-corrected chi connectivity index (χ1v) is 10.3. The summed E-state index contributed by atoms with van der Waals surface area (Å²) in [6.45, 7) is 10.1. The van der Waals surface area contributed by atoms with Crippen LogP contribution in [0.2, 0.25) is 5.02 Å². The van der Waals surface area contributed by atoms with Crippen molar-refractivity contribution in [2.75, 3.05) is 0 Å². The van der Waals surface area contributed by atoms with Crippen LogP contribution in [0, 0.1) is 29.0 Å². The van der Waals surface area contributed by atoms with E-state index in [1.165, 1.54) is 18.9 Å². The number of alkyl carbamates (subject to hydrolysis) is 1. The third-order valence-corrected chi connectivity index (χ3v) is 6.69. The molecule has 2 aliphatic carbocycles. The molecule has 2 fully saturated rings. The van der Waals surface area contributed by atoms with Gasteiger partial charge in [-0.25, -0.2) is 9.18 Å². The van der Waals surface area contributed by atoms with Gasteiger partial charge in [0.1, 0.15) is 11.4 Å². The molecule has 150 valence electrons. The lowest BCUT2D eigenvalue weighted by molar-refractivity contribution is 0.0498. The first-order chi connectivity index (χ1) is 12.5. The zero-order chi connectivity index (χ0) is 20.0. The van der Waals surface area contributed by atoms with E-state index in [1.54, 1.807) is 12.1 Å². The molecule has 1 aromatic rings. The first kappa shape index (κ1) is 20.4. The van der Waals surface area contributed by atoms with Gasteiger partial charge in [0, 0.05) is 10.6 Å². The summed E-state index contributed by atoms with van der Waals surface area (Å²) in [4.78, 5) is 12.3. The molecule has 27 heavy (non-hydrogen) atoms. The van der Waals surface area contributed by atoms with Crippen LogP contribution >= 0.6 is 11.6 Å². The Morgan fingerprint density at radius 3 is 2.52 bits per heavy atom. The number of amides is 1. The summed E-state index contributed by atoms with van der Waals surface area (Å²) in [6.07, 6.45) is 3.55. The van der Waals surface area contributed by atoms with Crippen molar-refractivity contribution in [3.05, 3.63) is 34.6 Å². The zero-order valence-electron chi connectivity index (χ0n) is 16.9. The second kappa shape index (κ2) is 7.27. The fourth-order valence-corrected chi connectivity index (χ4v) is 5.12. The number of nitrogens with one attached hydrogen (secondary N) is 1. The van der Waals surface area contributed by atoms with E-state index >= 15 is 0 Å². The van der Waals surface area contributed by atoms with Gasteiger partial charge in [0.25, 0.3) is 0 Å². The number of carbonyl (C=O) groups excluding carboxylic acids is 1. The second-order valence-electron chi connectivity index (χ2n) is 9.78. The Hall–Kier alpha value is -1.29. The van der Waals surface area contributed by atoms with Crippen molar-refractivity contribution in [3.63, 3.8) is 0 Å². The topological polar surface area (TPSA) is 38.3 Å². The highest BCUT2D eigenvalue weighted by Gasteiger charge is 2.61. The molecule has 2 unspecified atom stereocenters. The molecule has 0 spiro atoms. The number of halogens is 2. The van der Waals surface area contributed by atoms with Crippen LogP contribution in [0.4, 0.5) is 9.18 Å². The molecule has 0 bridgehead atoms. The van der Waals surface area contributed by atoms with Gasteiger partial charge in [0.2, 0.25) is 0 Å². The van der Waals surface area contributed by atoms with Crippen molar-refractivity contribution in [2.45, 2.75) is 71.9 Å². The Bertz CT molecular complexity index is 679. The van der Waals surface area contributed by atoms with E-state index in [0.29, 0.717) is 28.3 Å². The number of ether oxygens (including phenoxy) is 1. The van der Waals surface area contributed by atoms with E-state index in [0.717, 1.165) is 18.3 Å². The van der Waals surface area contributed by atoms with Crippen LogP contribution in [0.25, 0.3) is 0 Å². The molecular weight excluding hydrogens is 365 g/mol. The number of rotatable bonds is 5. The summed E-state index contributed by atoms with van der Waals surface area (Å²) in [6, 6.07) is 4.14. The van der Waals surface area contributed by atoms with Gasteiger partial charge in [0.15, 0.2) is 0 Å². The van der Waals surface area contributed by atoms with E-state index < -0.39 is 17.7 Å². The van der Waals surface area contributed by atoms with Crippen molar-refractivity contribution in [1.29, 1.82) is 0 Å². The number of carbonyl (C=O) groups is 1. The highest BCUT2D eigenvalue weighted by molar-refractivity contribution is 6.31. The van der Waals surface area contributed by atoms with Crippen LogP contribution in [0.15, 0.2) is 18.2 Å². The summed E-state index contributed by atoms with van der Waals surface area (Å²) in [5, 5.41) is 3.19. The minimum absolute atomic E-state index is 0.339. The largest absolute Gasteiger partial charge is 0.444 e. The number of hydrogen-bond donors (Lipinski definition) is 1. The average molecular weight is 396 g/mol. The molecule has 3 rings (SSSR count). The Labute approximate surface area is 167 Å². The zero-order valence-corrected chi connectivity index (χ0v) is 17.7. The van der Waals surface area contributed by atoms with Gasteiger partial charge in [-0.3, -0.25) is 0 Å². The van der Waals surface area contributed by atoms with E-state index in [4.69, 9.17) is 16.3 Å². The standard InChI is InChI=1S/C22H31ClFNO2/c1-21(2,3)27-20(26)25-18(19-16(23)7-6-8-17(19)24)10-9-13-11-14-15(12-13)22(14,4)5/h6-8,13-15,18H,9-12H2,1-5H3,(H,25,26)/t13?,14-,15+,18?. The quantitative estimate of drug-likeness (QED) is 0.617. The predicted octanol–water partition coefficient (Wildman–Crippen LogP) is 6.51. The summed E-state index contributed by atoms with van der Waals surface area (Å²) >= 11 is 6.27. The fourth-order valence-electron chi connectivity index (χ4n) is 4.83. The molecule has 0 heterocycles. The van der Waals surface area contributed by atoms with Crippen molar-refractivity contribution in [3.8, 4) is 0 Å². The Kier molecular flexibility index (Phi) is 5.51. The summed E-state index contributed by atoms with van der Waals surface area (Å²) in [7, 11) is 0. The molecular formula is C22H31ClFNO2. The molecule has 0 aromatic heterocycles. The van der Waals surface area contributed by atoms with Gasteiger partial charge in [-0.15, -0.1) is 0 Å². The van der Waals surface area contributed by atoms with E-state index in [9.17, 15) is 9.18 Å². The molecule has 0 aliphatic heterocycles. The molecule has 0 saturated heterocycles. The minimum Gasteiger partial charge on any atom is -0.444 e. The van der Waals surface area contributed by atoms with Crippen molar-refractivity contribution in [1.82, 2.24) is 5.32 Å². The van der Waals surface area contributed by atoms with E-state index in [2.05, 4.69) is 19.2 Å². The van der Waals surface area contributed by atoms with Crippen molar-refractivity contribution < 1.29 is 13.9 Å². The maximum absolute atomic E-state index is 14.5. The smallest absolute Gasteiger partial charge is 0.408 e. The van der Waals surface area contributed by atoms with E-state index in [-0.39, 0.29) is 5.82 Å². The molecule has 4 atom stereocenters. The Morgan fingerprint density at radius 2 is 1.96 bits per heavy atom. The van der Waals surface area contributed by atoms with Gasteiger partial charge < -0.3 is 10.1 Å². The summed E-state index contributed by atoms with van der Waals surface area (Å²) < 4.78 is 19.9. The second-order valence-corrected chi connectivity index (χ2v) is 10.2. The van der Waals surface area contributed by atoms with Gasteiger partial charge >= 0.3 is 6.09 Å². The molecule has 0 radical (unpaired) electrons. The number of benzene rings is 1. The molecule has 1 N–H and O–H groups in total. The lowest BCUT2D eigenvalue weighted by atomic mass is 9.88. The first-order valence-electron chi connectivity index (χ1n) is 9.92. The van der Waals surface area contributed by atoms with Gasteiger partial charge in [-0.05, 0) is 81.8 Å². The van der Waals surface area contributed by atoms with Gasteiger partial charge in [-0.1, -0.05) is 31.5 Å². The number of fused-ring (bicyclic) bond motifs is 1. The maximum atomic E-state index is 14.5. The third-order valence-electron chi connectivity index (χ3n) is 6.37. The molecule has 3 nitrogen and oxygen atoms in total. The van der Waals surface area contributed by atoms with Crippen LogP contribution in [0.1, 0.15) is 71.9 Å². The lowest BCUT2D eigenvalue weighted by Crippen LogP contribution is -2.35. The normalized spacial score (nSPS) is 27.0. The number of hydrogen-bond acceptors (Lipinski definition) is 2. The lowest BCUT2D eigenvalue weighted by Gasteiger charge is -2.26. The maximum Gasteiger partial charge on any atom is 0.408 e. The molecule has 1 aromatic carbocycles. The van der Waals surface area contributed by atoms with Crippen LogP contribution in [0.3, 0.4) is 0 Å². The summed E-state index contributed by atoms with van der Waals surface area (Å²) in [5.74, 6) is 1.91. The van der Waals surface area contributed by atoms with Crippen LogP contribution < -0.4 is 5.32 Å².